The molecule has 0 aliphatic heterocycles. The predicted octanol–water partition coefficient (Wildman–Crippen LogP) is 1.89. The third-order valence-corrected chi connectivity index (χ3v) is 1.97. The third-order valence-electron chi connectivity index (χ3n) is 1.87. The van der Waals surface area contributed by atoms with Gasteiger partial charge in [-0.2, -0.15) is 0 Å². The van der Waals surface area contributed by atoms with Crippen LogP contribution < -0.4 is 11.1 Å². The Morgan fingerprint density at radius 1 is 1.36 bits per heavy atom. The van der Waals surface area contributed by atoms with Crippen LogP contribution in [0.3, 0.4) is 0 Å². The summed E-state index contributed by atoms with van der Waals surface area (Å²) in [6.45, 7) is 0. The maximum absolute atomic E-state index is 5.37. The summed E-state index contributed by atoms with van der Waals surface area (Å²) in [5, 5.41) is 4.21. The fourth-order valence-electron chi connectivity index (χ4n) is 1.30. The molecule has 0 radical (unpaired) electrons. The molecule has 0 amide bonds. The van der Waals surface area contributed by atoms with E-state index in [1.807, 2.05) is 30.3 Å². The van der Waals surface area contributed by atoms with E-state index in [0.717, 1.165) is 16.6 Å². The normalized spacial score (nSPS) is 10.0. The quantitative estimate of drug-likeness (QED) is 0.695. The van der Waals surface area contributed by atoms with Gasteiger partial charge in [-0.05, 0) is 36.5 Å². The zero-order valence-electron chi connectivity index (χ0n) is 7.40. The molecule has 1 aromatic carbocycles. The second-order valence-electron chi connectivity index (χ2n) is 2.90. The number of aromatic nitrogens is 1. The first kappa shape index (κ1) is 8.90. The van der Waals surface area contributed by atoms with Crippen LogP contribution in [0, 0.1) is 0 Å². The van der Waals surface area contributed by atoms with Gasteiger partial charge in [0.25, 0.3) is 0 Å². The van der Waals surface area contributed by atoms with Crippen LogP contribution in [0.2, 0.25) is 0 Å². The molecule has 2 aromatic rings. The van der Waals surface area contributed by atoms with Gasteiger partial charge in [-0.25, -0.2) is 0 Å². The van der Waals surface area contributed by atoms with Crippen LogP contribution >= 0.6 is 12.2 Å². The van der Waals surface area contributed by atoms with E-state index >= 15 is 0 Å². The highest BCUT2D eigenvalue weighted by Gasteiger charge is 1.96. The first-order valence-electron chi connectivity index (χ1n) is 4.17. The van der Waals surface area contributed by atoms with Crippen molar-refractivity contribution in [1.29, 1.82) is 0 Å². The van der Waals surface area contributed by atoms with Crippen molar-refractivity contribution in [3.05, 3.63) is 36.5 Å². The lowest BCUT2D eigenvalue weighted by Gasteiger charge is -2.04. The number of anilines is 1. The molecule has 0 bridgehead atoms. The van der Waals surface area contributed by atoms with Crippen LogP contribution in [0.1, 0.15) is 0 Å². The molecule has 2 rings (SSSR count). The highest BCUT2D eigenvalue weighted by molar-refractivity contribution is 7.80. The third kappa shape index (κ3) is 1.80. The molecule has 4 heteroatoms. The van der Waals surface area contributed by atoms with Crippen molar-refractivity contribution in [1.82, 2.24) is 4.98 Å². The van der Waals surface area contributed by atoms with Crippen LogP contribution in [-0.2, 0) is 0 Å². The largest absolute Gasteiger partial charge is 0.376 e. The smallest absolute Gasteiger partial charge is 0.168 e. The SMILES string of the molecule is NC(=S)Nc1ccc2ncccc2c1. The Balaban J connectivity index is 2.46. The highest BCUT2D eigenvalue weighted by Crippen LogP contribution is 2.16. The van der Waals surface area contributed by atoms with Crippen molar-refractivity contribution in [3.8, 4) is 0 Å². The Bertz CT molecular complexity index is 482. The molecule has 3 nitrogen and oxygen atoms in total. The van der Waals surface area contributed by atoms with Crippen molar-refractivity contribution in [2.45, 2.75) is 0 Å². The number of thiocarbonyl (C=S) groups is 1. The van der Waals surface area contributed by atoms with Gasteiger partial charge in [-0.3, -0.25) is 4.98 Å². The van der Waals surface area contributed by atoms with E-state index in [-0.39, 0.29) is 5.11 Å². The number of nitrogens with zero attached hydrogens (tertiary/aromatic N) is 1. The Hall–Kier alpha value is -1.68. The van der Waals surface area contributed by atoms with Gasteiger partial charge in [0.05, 0.1) is 5.52 Å². The summed E-state index contributed by atoms with van der Waals surface area (Å²) in [5.41, 5.74) is 7.22. The lowest BCUT2D eigenvalue weighted by molar-refractivity contribution is 1.41. The highest BCUT2D eigenvalue weighted by atomic mass is 32.1. The van der Waals surface area contributed by atoms with Gasteiger partial charge < -0.3 is 11.1 Å². The standard InChI is InChI=1S/C10H9N3S/c11-10(14)13-8-3-4-9-7(6-8)2-1-5-12-9/h1-6H,(H3,11,13,14). The van der Waals surface area contributed by atoms with E-state index in [2.05, 4.69) is 10.3 Å². The Morgan fingerprint density at radius 3 is 3.00 bits per heavy atom. The summed E-state index contributed by atoms with van der Waals surface area (Å²) in [5.74, 6) is 0. The Kier molecular flexibility index (Phi) is 2.28. The molecule has 0 aliphatic rings. The van der Waals surface area contributed by atoms with Gasteiger partial charge >= 0.3 is 0 Å². The lowest BCUT2D eigenvalue weighted by Crippen LogP contribution is -2.18. The fourth-order valence-corrected chi connectivity index (χ4v) is 1.41. The maximum atomic E-state index is 5.37. The topological polar surface area (TPSA) is 50.9 Å². The summed E-state index contributed by atoms with van der Waals surface area (Å²) in [6, 6.07) is 9.67. The average molecular weight is 203 g/mol. The fraction of sp³-hybridized carbons (Fsp3) is 0. The van der Waals surface area contributed by atoms with Crippen molar-refractivity contribution >= 4 is 33.9 Å². The molecular weight excluding hydrogens is 194 g/mol. The molecule has 1 heterocycles. The molecule has 0 atom stereocenters. The van der Waals surface area contributed by atoms with Crippen molar-refractivity contribution in [3.63, 3.8) is 0 Å². The van der Waals surface area contributed by atoms with Crippen LogP contribution in [0.25, 0.3) is 10.9 Å². The van der Waals surface area contributed by atoms with E-state index in [1.54, 1.807) is 6.20 Å². The summed E-state index contributed by atoms with van der Waals surface area (Å²) in [6.07, 6.45) is 1.77. The van der Waals surface area contributed by atoms with Gasteiger partial charge in [-0.1, -0.05) is 6.07 Å². The number of hydrogen-bond donors (Lipinski definition) is 2. The van der Waals surface area contributed by atoms with Crippen molar-refractivity contribution in [2.24, 2.45) is 5.73 Å². The molecule has 1 aromatic heterocycles. The molecule has 14 heavy (non-hydrogen) atoms. The zero-order valence-corrected chi connectivity index (χ0v) is 8.21. The second-order valence-corrected chi connectivity index (χ2v) is 3.34. The number of hydrogen-bond acceptors (Lipinski definition) is 2. The number of rotatable bonds is 1. The summed E-state index contributed by atoms with van der Waals surface area (Å²) < 4.78 is 0. The van der Waals surface area contributed by atoms with Gasteiger partial charge in [0, 0.05) is 17.3 Å². The molecule has 0 saturated carbocycles. The first-order valence-corrected chi connectivity index (χ1v) is 4.58. The minimum Gasteiger partial charge on any atom is -0.376 e. The molecule has 0 unspecified atom stereocenters. The monoisotopic (exact) mass is 203 g/mol. The lowest BCUT2D eigenvalue weighted by atomic mass is 10.2. The number of nitrogens with two attached hydrogens (primary N) is 1. The molecule has 0 aliphatic carbocycles. The van der Waals surface area contributed by atoms with Crippen LogP contribution in [-0.4, -0.2) is 10.1 Å². The van der Waals surface area contributed by atoms with Gasteiger partial charge in [0.1, 0.15) is 0 Å². The summed E-state index contributed by atoms with van der Waals surface area (Å²) in [7, 11) is 0. The summed E-state index contributed by atoms with van der Waals surface area (Å²) in [4.78, 5) is 4.21. The number of nitrogens with one attached hydrogen (secondary N) is 1. The minimum atomic E-state index is 0.272. The van der Waals surface area contributed by atoms with E-state index < -0.39 is 0 Å². The van der Waals surface area contributed by atoms with E-state index in [0.29, 0.717) is 0 Å². The van der Waals surface area contributed by atoms with Gasteiger partial charge in [0.15, 0.2) is 5.11 Å². The molecule has 0 saturated heterocycles. The zero-order chi connectivity index (χ0) is 9.97. The molecule has 0 fully saturated rings. The van der Waals surface area contributed by atoms with Crippen molar-refractivity contribution in [2.75, 3.05) is 5.32 Å². The van der Waals surface area contributed by atoms with Crippen LogP contribution in [0.15, 0.2) is 36.5 Å². The summed E-state index contributed by atoms with van der Waals surface area (Å²) >= 11 is 4.75. The average Bonchev–Trinajstić information content (AvgIpc) is 2.17. The minimum absolute atomic E-state index is 0.272. The van der Waals surface area contributed by atoms with Gasteiger partial charge in [-0.15, -0.1) is 0 Å². The van der Waals surface area contributed by atoms with Gasteiger partial charge in [0.2, 0.25) is 0 Å². The van der Waals surface area contributed by atoms with E-state index in [4.69, 9.17) is 18.0 Å². The predicted molar refractivity (Wildman–Crippen MR) is 62.2 cm³/mol. The van der Waals surface area contributed by atoms with E-state index in [1.165, 1.54) is 0 Å². The number of benzene rings is 1. The number of pyridine rings is 1. The molecular formula is C10H9N3S. The Morgan fingerprint density at radius 2 is 2.21 bits per heavy atom. The first-order chi connectivity index (χ1) is 6.75. The second kappa shape index (κ2) is 3.59. The van der Waals surface area contributed by atoms with Crippen LogP contribution in [0.4, 0.5) is 5.69 Å². The molecule has 3 N–H and O–H groups in total. The maximum Gasteiger partial charge on any atom is 0.168 e. The number of fused-ring (bicyclic) bond motifs is 1. The van der Waals surface area contributed by atoms with E-state index in [9.17, 15) is 0 Å². The molecule has 0 spiro atoms. The Labute approximate surface area is 86.9 Å². The molecule has 70 valence electrons. The van der Waals surface area contributed by atoms with Crippen molar-refractivity contribution < 1.29 is 0 Å². The van der Waals surface area contributed by atoms with Crippen LogP contribution in [0.5, 0.6) is 0 Å².